The molecule has 0 aliphatic heterocycles. The van der Waals surface area contributed by atoms with E-state index in [-0.39, 0.29) is 11.8 Å². The third-order valence-electron chi connectivity index (χ3n) is 4.13. The number of amides is 1. The first-order valence-electron chi connectivity index (χ1n) is 6.27. The van der Waals surface area contributed by atoms with Crippen LogP contribution >= 0.6 is 0 Å². The molecular formula is C13H25NO. The maximum atomic E-state index is 11.8. The fraction of sp³-hybridized carbons (Fsp3) is 0.923. The number of hydrogen-bond donors (Lipinski definition) is 1. The van der Waals surface area contributed by atoms with Gasteiger partial charge in [0.05, 0.1) is 0 Å². The van der Waals surface area contributed by atoms with E-state index in [4.69, 9.17) is 0 Å². The third kappa shape index (κ3) is 2.96. The lowest BCUT2D eigenvalue weighted by molar-refractivity contribution is -0.127. The molecule has 0 bridgehead atoms. The smallest absolute Gasteiger partial charge is 0.223 e. The highest BCUT2D eigenvalue weighted by Gasteiger charge is 2.37. The lowest BCUT2D eigenvalue weighted by Gasteiger charge is -2.40. The molecule has 0 aromatic heterocycles. The van der Waals surface area contributed by atoms with E-state index in [2.05, 4.69) is 26.1 Å². The first kappa shape index (κ1) is 12.5. The van der Waals surface area contributed by atoms with Gasteiger partial charge in [0.2, 0.25) is 5.91 Å². The summed E-state index contributed by atoms with van der Waals surface area (Å²) in [5, 5.41) is 2.95. The highest BCUT2D eigenvalue weighted by molar-refractivity contribution is 5.78. The molecule has 2 nitrogen and oxygen atoms in total. The van der Waals surface area contributed by atoms with Crippen molar-refractivity contribution in [2.24, 2.45) is 17.3 Å². The van der Waals surface area contributed by atoms with Gasteiger partial charge >= 0.3 is 0 Å². The van der Waals surface area contributed by atoms with Crippen LogP contribution in [0, 0.1) is 17.3 Å². The van der Waals surface area contributed by atoms with Crippen LogP contribution in [0.1, 0.15) is 53.4 Å². The quantitative estimate of drug-likeness (QED) is 0.764. The molecule has 0 saturated heterocycles. The van der Waals surface area contributed by atoms with Gasteiger partial charge in [0.15, 0.2) is 0 Å². The molecule has 0 aromatic carbocycles. The second-order valence-electron chi connectivity index (χ2n) is 5.50. The Hall–Kier alpha value is -0.530. The maximum Gasteiger partial charge on any atom is 0.223 e. The molecule has 0 heterocycles. The number of carbonyl (C=O) groups is 1. The molecule has 15 heavy (non-hydrogen) atoms. The first-order chi connectivity index (χ1) is 6.99. The minimum Gasteiger partial charge on any atom is -0.356 e. The van der Waals surface area contributed by atoms with E-state index < -0.39 is 0 Å². The third-order valence-corrected chi connectivity index (χ3v) is 4.13. The van der Waals surface area contributed by atoms with Crippen molar-refractivity contribution >= 4 is 5.91 Å². The second-order valence-corrected chi connectivity index (χ2v) is 5.50. The van der Waals surface area contributed by atoms with Gasteiger partial charge in [-0.1, -0.05) is 27.2 Å². The van der Waals surface area contributed by atoms with E-state index in [0.717, 1.165) is 19.4 Å². The molecule has 1 amide bonds. The molecule has 0 radical (unpaired) electrons. The highest BCUT2D eigenvalue weighted by Crippen LogP contribution is 2.44. The summed E-state index contributed by atoms with van der Waals surface area (Å²) in [7, 11) is 0. The van der Waals surface area contributed by atoms with Gasteiger partial charge in [-0.25, -0.2) is 0 Å². The van der Waals surface area contributed by atoms with Gasteiger partial charge in [-0.15, -0.1) is 0 Å². The van der Waals surface area contributed by atoms with E-state index in [9.17, 15) is 4.79 Å². The monoisotopic (exact) mass is 211 g/mol. The summed E-state index contributed by atoms with van der Waals surface area (Å²) in [6, 6.07) is 0. The number of rotatable bonds is 3. The van der Waals surface area contributed by atoms with Gasteiger partial charge in [-0.05, 0) is 37.5 Å². The van der Waals surface area contributed by atoms with E-state index in [1.54, 1.807) is 0 Å². The molecule has 2 heteroatoms. The van der Waals surface area contributed by atoms with Crippen molar-refractivity contribution in [3.8, 4) is 0 Å². The lowest BCUT2D eigenvalue weighted by Crippen LogP contribution is -2.38. The van der Waals surface area contributed by atoms with Crippen LogP contribution in [0.5, 0.6) is 0 Å². The van der Waals surface area contributed by atoms with Gasteiger partial charge in [-0.2, -0.15) is 0 Å². The molecule has 2 atom stereocenters. The van der Waals surface area contributed by atoms with Crippen molar-refractivity contribution in [2.75, 3.05) is 6.54 Å². The molecule has 1 rings (SSSR count). The van der Waals surface area contributed by atoms with E-state index in [1.807, 2.05) is 6.92 Å². The van der Waals surface area contributed by atoms with Crippen molar-refractivity contribution in [3.05, 3.63) is 0 Å². The molecule has 1 N–H and O–H groups in total. The Morgan fingerprint density at radius 3 is 2.73 bits per heavy atom. The van der Waals surface area contributed by atoms with Crippen molar-refractivity contribution in [2.45, 2.75) is 53.4 Å². The number of nitrogens with one attached hydrogen (secondary N) is 1. The molecule has 1 aliphatic carbocycles. The summed E-state index contributed by atoms with van der Waals surface area (Å²) in [5.41, 5.74) is 0.369. The van der Waals surface area contributed by atoms with Crippen LogP contribution < -0.4 is 5.32 Å². The number of hydrogen-bond acceptors (Lipinski definition) is 1. The predicted octanol–water partition coefficient (Wildman–Crippen LogP) is 2.98. The van der Waals surface area contributed by atoms with Crippen molar-refractivity contribution in [1.29, 1.82) is 0 Å². The first-order valence-corrected chi connectivity index (χ1v) is 6.27. The van der Waals surface area contributed by atoms with Gasteiger partial charge < -0.3 is 5.32 Å². The van der Waals surface area contributed by atoms with Crippen LogP contribution in [-0.4, -0.2) is 12.5 Å². The zero-order chi connectivity index (χ0) is 11.5. The molecule has 1 aliphatic rings. The summed E-state index contributed by atoms with van der Waals surface area (Å²) < 4.78 is 0. The lowest BCUT2D eigenvalue weighted by atomic mass is 9.65. The average molecular weight is 211 g/mol. The predicted molar refractivity (Wildman–Crippen MR) is 63.6 cm³/mol. The Balaban J connectivity index is 2.59. The zero-order valence-corrected chi connectivity index (χ0v) is 10.6. The minimum absolute atomic E-state index is 0.256. The van der Waals surface area contributed by atoms with Crippen LogP contribution in [-0.2, 0) is 4.79 Å². The molecule has 88 valence electrons. The topological polar surface area (TPSA) is 29.1 Å². The second kappa shape index (κ2) is 5.00. The van der Waals surface area contributed by atoms with Gasteiger partial charge in [-0.3, -0.25) is 4.79 Å². The van der Waals surface area contributed by atoms with E-state index >= 15 is 0 Å². The molecular weight excluding hydrogens is 186 g/mol. The molecule has 0 spiro atoms. The fourth-order valence-electron chi connectivity index (χ4n) is 2.59. The molecule has 2 unspecified atom stereocenters. The average Bonchev–Trinajstić information content (AvgIpc) is 2.18. The summed E-state index contributed by atoms with van der Waals surface area (Å²) in [6.07, 6.45) is 4.63. The van der Waals surface area contributed by atoms with Crippen LogP contribution in [0.25, 0.3) is 0 Å². The summed E-state index contributed by atoms with van der Waals surface area (Å²) >= 11 is 0. The van der Waals surface area contributed by atoms with Gasteiger partial charge in [0.1, 0.15) is 0 Å². The normalized spacial score (nSPS) is 31.7. The molecule has 0 aromatic rings. The largest absolute Gasteiger partial charge is 0.356 e. The minimum atomic E-state index is 0.256. The summed E-state index contributed by atoms with van der Waals surface area (Å²) in [5.74, 6) is 1.20. The fourth-order valence-corrected chi connectivity index (χ4v) is 2.59. The van der Waals surface area contributed by atoms with Crippen LogP contribution in [0.15, 0.2) is 0 Å². The zero-order valence-electron chi connectivity index (χ0n) is 10.6. The Morgan fingerprint density at radius 1 is 1.53 bits per heavy atom. The summed E-state index contributed by atoms with van der Waals surface area (Å²) in [4.78, 5) is 11.8. The Morgan fingerprint density at radius 2 is 2.20 bits per heavy atom. The number of carbonyl (C=O) groups excluding carboxylic acids is 1. The van der Waals surface area contributed by atoms with Crippen LogP contribution in [0.2, 0.25) is 0 Å². The van der Waals surface area contributed by atoms with Crippen molar-refractivity contribution in [1.82, 2.24) is 5.32 Å². The standard InChI is InChI=1S/C13H25NO/c1-5-14-12(15)11-7-6-8-13(4,9-11)10(2)3/h10-11H,5-9H2,1-4H3,(H,14,15). The van der Waals surface area contributed by atoms with Crippen LogP contribution in [0.3, 0.4) is 0 Å². The Labute approximate surface area is 93.8 Å². The molecule has 1 fully saturated rings. The Kier molecular flexibility index (Phi) is 4.18. The van der Waals surface area contributed by atoms with E-state index in [0.29, 0.717) is 11.3 Å². The summed E-state index contributed by atoms with van der Waals surface area (Å²) in [6.45, 7) is 9.64. The Bertz CT molecular complexity index is 225. The van der Waals surface area contributed by atoms with E-state index in [1.165, 1.54) is 12.8 Å². The SMILES string of the molecule is CCNC(=O)C1CCCC(C)(C(C)C)C1. The van der Waals surface area contributed by atoms with Crippen molar-refractivity contribution < 1.29 is 4.79 Å². The van der Waals surface area contributed by atoms with Crippen molar-refractivity contribution in [3.63, 3.8) is 0 Å². The maximum absolute atomic E-state index is 11.8. The highest BCUT2D eigenvalue weighted by atomic mass is 16.1. The van der Waals surface area contributed by atoms with Crippen LogP contribution in [0.4, 0.5) is 0 Å². The van der Waals surface area contributed by atoms with Gasteiger partial charge in [0.25, 0.3) is 0 Å². The molecule has 1 saturated carbocycles. The van der Waals surface area contributed by atoms with Gasteiger partial charge in [0, 0.05) is 12.5 Å².